The Morgan fingerprint density at radius 3 is 2.33 bits per heavy atom. The fourth-order valence-corrected chi connectivity index (χ4v) is 2.23. The number of methoxy groups -OCH3 is 2. The number of rotatable bonds is 5. The van der Waals surface area contributed by atoms with E-state index in [2.05, 4.69) is 5.16 Å². The zero-order chi connectivity index (χ0) is 17.7. The standard InChI is InChI=1S/C18H20N2O4/c1-11-5-7-14(12(2)9-11)18(21)24-20-17(19)13-6-8-15(22-3)16(10-13)23-4/h5-10H,1-4H3,(H2,19,20). The summed E-state index contributed by atoms with van der Waals surface area (Å²) < 4.78 is 10.4. The van der Waals surface area contributed by atoms with Gasteiger partial charge in [0.15, 0.2) is 17.3 Å². The first-order valence-electron chi connectivity index (χ1n) is 7.30. The second kappa shape index (κ2) is 7.50. The van der Waals surface area contributed by atoms with Gasteiger partial charge in [-0.2, -0.15) is 0 Å². The number of amidine groups is 1. The van der Waals surface area contributed by atoms with Crippen molar-refractivity contribution in [1.29, 1.82) is 0 Å². The van der Waals surface area contributed by atoms with Gasteiger partial charge in [0.2, 0.25) is 0 Å². The third-order valence-electron chi connectivity index (χ3n) is 3.51. The molecule has 0 aromatic heterocycles. The quantitative estimate of drug-likeness (QED) is 0.395. The Balaban J connectivity index is 2.18. The van der Waals surface area contributed by atoms with Crippen LogP contribution in [0, 0.1) is 13.8 Å². The molecule has 2 aromatic rings. The molecule has 0 aliphatic heterocycles. The molecule has 126 valence electrons. The molecule has 2 N–H and O–H groups in total. The van der Waals surface area contributed by atoms with Gasteiger partial charge >= 0.3 is 5.97 Å². The minimum atomic E-state index is -0.559. The summed E-state index contributed by atoms with van der Waals surface area (Å²) in [6.07, 6.45) is 0. The highest BCUT2D eigenvalue weighted by Gasteiger charge is 2.12. The Labute approximate surface area is 140 Å². The molecule has 0 aliphatic carbocycles. The predicted molar refractivity (Wildman–Crippen MR) is 91.6 cm³/mol. The Morgan fingerprint density at radius 2 is 1.71 bits per heavy atom. The SMILES string of the molecule is COc1ccc(/C(N)=N/OC(=O)c2ccc(C)cc2C)cc1OC. The average molecular weight is 328 g/mol. The zero-order valence-electron chi connectivity index (χ0n) is 14.1. The summed E-state index contributed by atoms with van der Waals surface area (Å²) in [6, 6.07) is 10.5. The summed E-state index contributed by atoms with van der Waals surface area (Å²) in [6.45, 7) is 3.79. The fraction of sp³-hybridized carbons (Fsp3) is 0.222. The van der Waals surface area contributed by atoms with Gasteiger partial charge in [-0.3, -0.25) is 0 Å². The number of carbonyl (C=O) groups is 1. The predicted octanol–water partition coefficient (Wildman–Crippen LogP) is 2.80. The number of nitrogens with two attached hydrogens (primary N) is 1. The topological polar surface area (TPSA) is 83.1 Å². The molecule has 0 heterocycles. The first-order chi connectivity index (χ1) is 11.5. The lowest BCUT2D eigenvalue weighted by Gasteiger charge is -2.09. The van der Waals surface area contributed by atoms with Gasteiger partial charge < -0.3 is 20.0 Å². The van der Waals surface area contributed by atoms with E-state index < -0.39 is 5.97 Å². The first-order valence-corrected chi connectivity index (χ1v) is 7.30. The Bertz CT molecular complexity index is 785. The summed E-state index contributed by atoms with van der Waals surface area (Å²) in [5, 5.41) is 3.71. The van der Waals surface area contributed by atoms with Crippen molar-refractivity contribution in [2.45, 2.75) is 13.8 Å². The summed E-state index contributed by atoms with van der Waals surface area (Å²) in [4.78, 5) is 17.1. The van der Waals surface area contributed by atoms with E-state index in [1.807, 2.05) is 26.0 Å². The lowest BCUT2D eigenvalue weighted by Crippen LogP contribution is -2.15. The second-order valence-electron chi connectivity index (χ2n) is 5.24. The maximum absolute atomic E-state index is 12.1. The highest BCUT2D eigenvalue weighted by atomic mass is 16.7. The van der Waals surface area contributed by atoms with Crippen LogP contribution in [0.25, 0.3) is 0 Å². The summed E-state index contributed by atoms with van der Waals surface area (Å²) in [5.41, 5.74) is 8.77. The minimum Gasteiger partial charge on any atom is -0.493 e. The monoisotopic (exact) mass is 328 g/mol. The number of hydrogen-bond acceptors (Lipinski definition) is 5. The van der Waals surface area contributed by atoms with E-state index in [4.69, 9.17) is 20.0 Å². The minimum absolute atomic E-state index is 0.0640. The van der Waals surface area contributed by atoms with Gasteiger partial charge in [0.25, 0.3) is 0 Å². The molecular formula is C18H20N2O4. The van der Waals surface area contributed by atoms with Crippen molar-refractivity contribution >= 4 is 11.8 Å². The molecule has 2 rings (SSSR count). The van der Waals surface area contributed by atoms with Crippen molar-refractivity contribution in [3.8, 4) is 11.5 Å². The molecule has 0 saturated heterocycles. The Hall–Kier alpha value is -3.02. The molecular weight excluding hydrogens is 308 g/mol. The van der Waals surface area contributed by atoms with E-state index in [1.54, 1.807) is 31.4 Å². The zero-order valence-corrected chi connectivity index (χ0v) is 14.1. The smallest absolute Gasteiger partial charge is 0.366 e. The molecule has 0 unspecified atom stereocenters. The molecule has 0 aliphatic rings. The Kier molecular flexibility index (Phi) is 5.42. The van der Waals surface area contributed by atoms with Crippen LogP contribution >= 0.6 is 0 Å². The molecule has 0 bridgehead atoms. The second-order valence-corrected chi connectivity index (χ2v) is 5.24. The molecule has 2 aromatic carbocycles. The number of ether oxygens (including phenoxy) is 2. The third kappa shape index (κ3) is 3.84. The van der Waals surface area contributed by atoms with Crippen LogP contribution in [0.5, 0.6) is 11.5 Å². The fourth-order valence-electron chi connectivity index (χ4n) is 2.23. The first kappa shape index (κ1) is 17.3. The van der Waals surface area contributed by atoms with E-state index in [9.17, 15) is 4.79 Å². The number of nitrogens with zero attached hydrogens (tertiary/aromatic N) is 1. The molecule has 0 fully saturated rings. The molecule has 0 spiro atoms. The van der Waals surface area contributed by atoms with Crippen LogP contribution in [0.1, 0.15) is 27.0 Å². The summed E-state index contributed by atoms with van der Waals surface area (Å²) >= 11 is 0. The van der Waals surface area contributed by atoms with Crippen LogP contribution in [0.15, 0.2) is 41.6 Å². The summed E-state index contributed by atoms with van der Waals surface area (Å²) in [5.74, 6) is 0.583. The van der Waals surface area contributed by atoms with Gasteiger partial charge in [0.1, 0.15) is 0 Å². The number of hydrogen-bond donors (Lipinski definition) is 1. The van der Waals surface area contributed by atoms with Gasteiger partial charge in [0, 0.05) is 5.56 Å². The van der Waals surface area contributed by atoms with E-state index in [-0.39, 0.29) is 5.84 Å². The van der Waals surface area contributed by atoms with Crippen molar-refractivity contribution in [3.63, 3.8) is 0 Å². The number of oxime groups is 1. The van der Waals surface area contributed by atoms with Gasteiger partial charge in [-0.25, -0.2) is 4.79 Å². The van der Waals surface area contributed by atoms with Crippen molar-refractivity contribution in [1.82, 2.24) is 0 Å². The number of aryl methyl sites for hydroxylation is 2. The average Bonchev–Trinajstić information content (AvgIpc) is 2.58. The summed E-state index contributed by atoms with van der Waals surface area (Å²) in [7, 11) is 3.07. The molecule has 24 heavy (non-hydrogen) atoms. The maximum atomic E-state index is 12.1. The molecule has 0 atom stereocenters. The highest BCUT2D eigenvalue weighted by Crippen LogP contribution is 2.27. The van der Waals surface area contributed by atoms with Crippen LogP contribution in [0.3, 0.4) is 0 Å². The van der Waals surface area contributed by atoms with Crippen molar-refractivity contribution in [2.75, 3.05) is 14.2 Å². The number of benzene rings is 2. The Morgan fingerprint density at radius 1 is 1.00 bits per heavy atom. The van der Waals surface area contributed by atoms with Crippen molar-refractivity contribution in [2.24, 2.45) is 10.9 Å². The largest absolute Gasteiger partial charge is 0.493 e. The number of carbonyl (C=O) groups excluding carboxylic acids is 1. The lowest BCUT2D eigenvalue weighted by atomic mass is 10.1. The lowest BCUT2D eigenvalue weighted by molar-refractivity contribution is 0.0515. The molecule has 0 amide bonds. The van der Waals surface area contributed by atoms with Gasteiger partial charge in [0.05, 0.1) is 19.8 Å². The highest BCUT2D eigenvalue weighted by molar-refractivity contribution is 5.98. The van der Waals surface area contributed by atoms with Crippen molar-refractivity contribution in [3.05, 3.63) is 58.7 Å². The van der Waals surface area contributed by atoms with Crippen molar-refractivity contribution < 1.29 is 19.1 Å². The third-order valence-corrected chi connectivity index (χ3v) is 3.51. The van der Waals surface area contributed by atoms with E-state index in [1.165, 1.54) is 7.11 Å². The van der Waals surface area contributed by atoms with E-state index in [0.717, 1.165) is 11.1 Å². The van der Waals surface area contributed by atoms with Crippen LogP contribution in [0.2, 0.25) is 0 Å². The molecule has 0 radical (unpaired) electrons. The van der Waals surface area contributed by atoms with Gasteiger partial charge in [-0.05, 0) is 43.7 Å². The maximum Gasteiger partial charge on any atom is 0.366 e. The van der Waals surface area contributed by atoms with Crippen LogP contribution in [-0.4, -0.2) is 26.0 Å². The molecule has 6 nitrogen and oxygen atoms in total. The molecule has 6 heteroatoms. The van der Waals surface area contributed by atoms with Crippen LogP contribution in [0.4, 0.5) is 0 Å². The molecule has 0 saturated carbocycles. The van der Waals surface area contributed by atoms with Gasteiger partial charge in [-0.1, -0.05) is 22.9 Å². The normalized spacial score (nSPS) is 11.1. The van der Waals surface area contributed by atoms with E-state index >= 15 is 0 Å². The van der Waals surface area contributed by atoms with E-state index in [0.29, 0.717) is 22.6 Å². The van der Waals surface area contributed by atoms with Gasteiger partial charge in [-0.15, -0.1) is 0 Å². The van der Waals surface area contributed by atoms with Crippen LogP contribution in [-0.2, 0) is 4.84 Å². The van der Waals surface area contributed by atoms with Crippen LogP contribution < -0.4 is 15.2 Å².